The maximum atomic E-state index is 8.78. The van der Waals surface area contributed by atoms with E-state index in [0.29, 0.717) is 5.88 Å². The number of aryl methyl sites for hydroxylation is 1. The molecule has 0 fully saturated rings. The predicted molar refractivity (Wildman–Crippen MR) is 64.1 cm³/mol. The molecule has 0 spiro atoms. The number of hydrogen-bond donors (Lipinski definition) is 1. The first-order valence-electron chi connectivity index (χ1n) is 5.12. The fourth-order valence-electron chi connectivity index (χ4n) is 1.33. The Morgan fingerprint density at radius 1 is 1.27 bits per heavy atom. The van der Waals surface area contributed by atoms with Crippen LogP contribution in [0.5, 0.6) is 0 Å². The molecule has 0 saturated carbocycles. The second-order valence-electron chi connectivity index (χ2n) is 3.23. The molecule has 80 valence electrons. The van der Waals surface area contributed by atoms with Crippen LogP contribution < -0.4 is 0 Å². The first kappa shape index (κ1) is 12.1. The molecule has 0 radical (unpaired) electrons. The van der Waals surface area contributed by atoms with Crippen molar-refractivity contribution < 1.29 is 5.11 Å². The minimum absolute atomic E-state index is 0.226. The number of rotatable bonds is 4. The summed E-state index contributed by atoms with van der Waals surface area (Å²) in [6, 6.07) is 8.04. The van der Waals surface area contributed by atoms with E-state index < -0.39 is 0 Å². The molecule has 0 bridgehead atoms. The SMILES string of the molecule is OCCCc1ccccc1C#CCCCl. The van der Waals surface area contributed by atoms with Crippen LogP contribution in [0, 0.1) is 11.8 Å². The Hall–Kier alpha value is -0.970. The zero-order valence-electron chi connectivity index (χ0n) is 8.67. The Balaban J connectivity index is 2.73. The van der Waals surface area contributed by atoms with E-state index >= 15 is 0 Å². The van der Waals surface area contributed by atoms with Crippen molar-refractivity contribution in [3.05, 3.63) is 35.4 Å². The van der Waals surface area contributed by atoms with E-state index in [-0.39, 0.29) is 6.61 Å². The average Bonchev–Trinajstić information content (AvgIpc) is 2.28. The van der Waals surface area contributed by atoms with Gasteiger partial charge in [0.05, 0.1) is 0 Å². The number of alkyl halides is 1. The Kier molecular flexibility index (Phi) is 5.92. The maximum Gasteiger partial charge on any atom is 0.0434 e. The molecule has 15 heavy (non-hydrogen) atoms. The van der Waals surface area contributed by atoms with Crippen LogP contribution in [-0.2, 0) is 6.42 Å². The molecule has 0 atom stereocenters. The topological polar surface area (TPSA) is 20.2 Å². The van der Waals surface area contributed by atoms with Gasteiger partial charge in [-0.15, -0.1) is 11.6 Å². The Morgan fingerprint density at radius 3 is 2.80 bits per heavy atom. The molecule has 1 N–H and O–H groups in total. The van der Waals surface area contributed by atoms with E-state index in [1.54, 1.807) is 0 Å². The van der Waals surface area contributed by atoms with Crippen molar-refractivity contribution in [1.82, 2.24) is 0 Å². The summed E-state index contributed by atoms with van der Waals surface area (Å²) in [5.41, 5.74) is 2.25. The third kappa shape index (κ3) is 4.38. The van der Waals surface area contributed by atoms with Crippen LogP contribution in [0.3, 0.4) is 0 Å². The molecule has 0 saturated heterocycles. The molecular formula is C13H15ClO. The van der Waals surface area contributed by atoms with E-state index in [4.69, 9.17) is 16.7 Å². The van der Waals surface area contributed by atoms with Crippen molar-refractivity contribution in [2.45, 2.75) is 19.3 Å². The first-order chi connectivity index (χ1) is 7.38. The zero-order valence-corrected chi connectivity index (χ0v) is 9.43. The zero-order chi connectivity index (χ0) is 10.9. The summed E-state index contributed by atoms with van der Waals surface area (Å²) >= 11 is 5.56. The van der Waals surface area contributed by atoms with E-state index in [1.807, 2.05) is 18.2 Å². The highest BCUT2D eigenvalue weighted by molar-refractivity contribution is 6.18. The van der Waals surface area contributed by atoms with Crippen LogP contribution in [-0.4, -0.2) is 17.6 Å². The molecule has 1 rings (SSSR count). The number of hydrogen-bond acceptors (Lipinski definition) is 1. The lowest BCUT2D eigenvalue weighted by atomic mass is 10.0. The highest BCUT2D eigenvalue weighted by Gasteiger charge is 1.97. The van der Waals surface area contributed by atoms with Crippen molar-refractivity contribution in [2.75, 3.05) is 12.5 Å². The molecule has 0 unspecified atom stereocenters. The van der Waals surface area contributed by atoms with Crippen molar-refractivity contribution >= 4 is 11.6 Å². The molecule has 1 nitrogen and oxygen atoms in total. The summed E-state index contributed by atoms with van der Waals surface area (Å²) < 4.78 is 0. The molecule has 0 aliphatic heterocycles. The normalized spacial score (nSPS) is 9.47. The summed E-state index contributed by atoms with van der Waals surface area (Å²) in [5, 5.41) is 8.78. The van der Waals surface area contributed by atoms with Gasteiger partial charge in [0.25, 0.3) is 0 Å². The fourth-order valence-corrected chi connectivity index (χ4v) is 1.43. The van der Waals surface area contributed by atoms with E-state index in [0.717, 1.165) is 24.8 Å². The van der Waals surface area contributed by atoms with Crippen molar-refractivity contribution in [3.8, 4) is 11.8 Å². The second-order valence-corrected chi connectivity index (χ2v) is 3.60. The minimum atomic E-state index is 0.226. The van der Waals surface area contributed by atoms with Gasteiger partial charge in [-0.1, -0.05) is 30.0 Å². The van der Waals surface area contributed by atoms with Crippen LogP contribution in [0.2, 0.25) is 0 Å². The second kappa shape index (κ2) is 7.34. The highest BCUT2D eigenvalue weighted by atomic mass is 35.5. The lowest BCUT2D eigenvalue weighted by Gasteiger charge is -2.02. The lowest BCUT2D eigenvalue weighted by Crippen LogP contribution is -1.92. The summed E-state index contributed by atoms with van der Waals surface area (Å²) in [7, 11) is 0. The Bertz CT molecular complexity index is 349. The van der Waals surface area contributed by atoms with Gasteiger partial charge in [0.15, 0.2) is 0 Å². The van der Waals surface area contributed by atoms with Gasteiger partial charge in [0, 0.05) is 24.5 Å². The maximum absolute atomic E-state index is 8.78. The molecule has 0 aliphatic carbocycles. The van der Waals surface area contributed by atoms with Gasteiger partial charge in [0.2, 0.25) is 0 Å². The van der Waals surface area contributed by atoms with Crippen molar-refractivity contribution in [1.29, 1.82) is 0 Å². The van der Waals surface area contributed by atoms with Gasteiger partial charge in [-0.2, -0.15) is 0 Å². The van der Waals surface area contributed by atoms with Gasteiger partial charge >= 0.3 is 0 Å². The number of aliphatic hydroxyl groups is 1. The minimum Gasteiger partial charge on any atom is -0.396 e. The number of halogens is 1. The number of benzene rings is 1. The Labute approximate surface area is 96.1 Å². The van der Waals surface area contributed by atoms with Gasteiger partial charge in [-0.05, 0) is 24.5 Å². The van der Waals surface area contributed by atoms with Gasteiger partial charge in [0.1, 0.15) is 0 Å². The average molecular weight is 223 g/mol. The lowest BCUT2D eigenvalue weighted by molar-refractivity contribution is 0.288. The van der Waals surface area contributed by atoms with Gasteiger partial charge in [-0.3, -0.25) is 0 Å². The van der Waals surface area contributed by atoms with Gasteiger partial charge < -0.3 is 5.11 Å². The fraction of sp³-hybridized carbons (Fsp3) is 0.385. The van der Waals surface area contributed by atoms with Crippen LogP contribution >= 0.6 is 11.6 Å². The van der Waals surface area contributed by atoms with Crippen LogP contribution in [0.1, 0.15) is 24.0 Å². The van der Waals surface area contributed by atoms with Crippen molar-refractivity contribution in [3.63, 3.8) is 0 Å². The quantitative estimate of drug-likeness (QED) is 0.613. The summed E-state index contributed by atoms with van der Waals surface area (Å²) in [4.78, 5) is 0. The highest BCUT2D eigenvalue weighted by Crippen LogP contribution is 2.09. The summed E-state index contributed by atoms with van der Waals surface area (Å²) in [6.45, 7) is 0.226. The molecule has 2 heteroatoms. The summed E-state index contributed by atoms with van der Waals surface area (Å²) in [5.74, 6) is 6.71. The molecular weight excluding hydrogens is 208 g/mol. The van der Waals surface area contributed by atoms with E-state index in [2.05, 4.69) is 17.9 Å². The largest absolute Gasteiger partial charge is 0.396 e. The predicted octanol–water partition coefficient (Wildman–Crippen LogP) is 2.59. The summed E-state index contributed by atoms with van der Waals surface area (Å²) in [6.07, 6.45) is 2.38. The van der Waals surface area contributed by atoms with Crippen LogP contribution in [0.25, 0.3) is 0 Å². The van der Waals surface area contributed by atoms with Crippen molar-refractivity contribution in [2.24, 2.45) is 0 Å². The third-order valence-electron chi connectivity index (χ3n) is 2.06. The van der Waals surface area contributed by atoms with Crippen LogP contribution in [0.4, 0.5) is 0 Å². The number of aliphatic hydroxyl groups excluding tert-OH is 1. The van der Waals surface area contributed by atoms with Crippen LogP contribution in [0.15, 0.2) is 24.3 Å². The molecule has 0 aromatic heterocycles. The van der Waals surface area contributed by atoms with E-state index in [9.17, 15) is 0 Å². The molecule has 1 aromatic carbocycles. The third-order valence-corrected chi connectivity index (χ3v) is 2.25. The smallest absolute Gasteiger partial charge is 0.0434 e. The molecule has 0 amide bonds. The first-order valence-corrected chi connectivity index (χ1v) is 5.65. The van der Waals surface area contributed by atoms with E-state index in [1.165, 1.54) is 5.56 Å². The monoisotopic (exact) mass is 222 g/mol. The molecule has 0 heterocycles. The standard InChI is InChI=1S/C13H15ClO/c14-10-4-3-8-12-6-1-2-7-13(12)9-5-11-15/h1-2,6-7,15H,4-5,9-11H2. The molecule has 1 aromatic rings. The Morgan fingerprint density at radius 2 is 2.07 bits per heavy atom. The van der Waals surface area contributed by atoms with Gasteiger partial charge in [-0.25, -0.2) is 0 Å². The molecule has 0 aliphatic rings.